The molecule has 124 valence electrons. The predicted octanol–water partition coefficient (Wildman–Crippen LogP) is 2.01. The molecule has 1 atom stereocenters. The van der Waals surface area contributed by atoms with Gasteiger partial charge in [-0.2, -0.15) is 0 Å². The minimum atomic E-state index is -0.0147. The van der Waals surface area contributed by atoms with E-state index in [1.807, 2.05) is 12.1 Å². The Kier molecular flexibility index (Phi) is 7.93. The lowest BCUT2D eigenvalue weighted by molar-refractivity contribution is 0.0930. The van der Waals surface area contributed by atoms with Gasteiger partial charge in [-0.3, -0.25) is 4.79 Å². The zero-order chi connectivity index (χ0) is 13.8. The Labute approximate surface area is 144 Å². The molecule has 0 aliphatic carbocycles. The van der Waals surface area contributed by atoms with Crippen LogP contribution in [0.15, 0.2) is 18.3 Å². The lowest BCUT2D eigenvalue weighted by atomic mass is 10.1. The molecule has 2 fully saturated rings. The molecule has 0 radical (unpaired) electrons. The Morgan fingerprint density at radius 2 is 2.00 bits per heavy atom. The van der Waals surface area contributed by atoms with Crippen molar-refractivity contribution in [2.75, 3.05) is 31.1 Å². The number of nitrogens with one attached hydrogen (secondary N) is 2. The number of piperidine rings is 1. The number of amides is 1. The molecule has 3 rings (SSSR count). The molecule has 1 aromatic rings. The summed E-state index contributed by atoms with van der Waals surface area (Å²) in [5.41, 5.74) is 0.651. The van der Waals surface area contributed by atoms with Crippen LogP contribution >= 0.6 is 24.8 Å². The van der Waals surface area contributed by atoms with Crippen molar-refractivity contribution in [2.24, 2.45) is 0 Å². The number of hydrogen-bond donors (Lipinski definition) is 2. The molecule has 0 bridgehead atoms. The molecule has 0 saturated carbocycles. The third kappa shape index (κ3) is 4.73. The standard InChI is InChI=1S/C15H22N4O.2ClH/c20-15(18-13-4-3-7-16-11-13)12-5-6-14(17-10-12)19-8-1-2-9-19;;/h5-6,10,13,16H,1-4,7-9,11H2,(H,18,20);2*1H. The van der Waals surface area contributed by atoms with Gasteiger partial charge >= 0.3 is 0 Å². The Bertz CT molecular complexity index is 457. The Balaban J connectivity index is 0.00000121. The van der Waals surface area contributed by atoms with E-state index in [-0.39, 0.29) is 36.8 Å². The van der Waals surface area contributed by atoms with Crippen molar-refractivity contribution in [3.8, 4) is 0 Å². The van der Waals surface area contributed by atoms with Gasteiger partial charge in [0, 0.05) is 31.9 Å². The van der Waals surface area contributed by atoms with E-state index in [2.05, 4.69) is 20.5 Å². The Morgan fingerprint density at radius 3 is 2.59 bits per heavy atom. The van der Waals surface area contributed by atoms with Gasteiger partial charge in [0.1, 0.15) is 5.82 Å². The largest absolute Gasteiger partial charge is 0.357 e. The fraction of sp³-hybridized carbons (Fsp3) is 0.600. The second-order valence-corrected chi connectivity index (χ2v) is 5.62. The molecule has 22 heavy (non-hydrogen) atoms. The molecule has 7 heteroatoms. The number of rotatable bonds is 3. The monoisotopic (exact) mass is 346 g/mol. The van der Waals surface area contributed by atoms with Crippen molar-refractivity contribution < 1.29 is 4.79 Å². The Morgan fingerprint density at radius 1 is 1.23 bits per heavy atom. The summed E-state index contributed by atoms with van der Waals surface area (Å²) in [6.45, 7) is 4.07. The third-order valence-corrected chi connectivity index (χ3v) is 4.07. The number of carbonyl (C=O) groups is 1. The zero-order valence-corrected chi connectivity index (χ0v) is 14.2. The van der Waals surface area contributed by atoms with Crippen molar-refractivity contribution in [1.82, 2.24) is 15.6 Å². The van der Waals surface area contributed by atoms with Crippen LogP contribution in [0.2, 0.25) is 0 Å². The minimum Gasteiger partial charge on any atom is -0.357 e. The van der Waals surface area contributed by atoms with Crippen LogP contribution in [0.4, 0.5) is 5.82 Å². The summed E-state index contributed by atoms with van der Waals surface area (Å²) in [6, 6.07) is 4.08. The smallest absolute Gasteiger partial charge is 0.253 e. The maximum Gasteiger partial charge on any atom is 0.253 e. The summed E-state index contributed by atoms with van der Waals surface area (Å²) in [6.07, 6.45) is 6.34. The molecule has 2 N–H and O–H groups in total. The van der Waals surface area contributed by atoms with Gasteiger partial charge in [0.2, 0.25) is 0 Å². The molecule has 0 aromatic carbocycles. The molecule has 2 aliphatic rings. The van der Waals surface area contributed by atoms with Crippen molar-refractivity contribution >= 4 is 36.5 Å². The third-order valence-electron chi connectivity index (χ3n) is 4.07. The van der Waals surface area contributed by atoms with Gasteiger partial charge < -0.3 is 15.5 Å². The quantitative estimate of drug-likeness (QED) is 0.878. The van der Waals surface area contributed by atoms with Gasteiger partial charge in [-0.15, -0.1) is 24.8 Å². The summed E-state index contributed by atoms with van der Waals surface area (Å²) in [5.74, 6) is 0.970. The number of nitrogens with zero attached hydrogens (tertiary/aromatic N) is 2. The minimum absolute atomic E-state index is 0. The molecule has 5 nitrogen and oxygen atoms in total. The van der Waals surface area contributed by atoms with Gasteiger partial charge in [-0.25, -0.2) is 4.98 Å². The van der Waals surface area contributed by atoms with Crippen LogP contribution in [-0.4, -0.2) is 43.1 Å². The molecule has 1 aromatic heterocycles. The van der Waals surface area contributed by atoms with E-state index >= 15 is 0 Å². The van der Waals surface area contributed by atoms with Crippen LogP contribution in [0, 0.1) is 0 Å². The average Bonchev–Trinajstić information content (AvgIpc) is 3.03. The summed E-state index contributed by atoms with van der Waals surface area (Å²) in [4.78, 5) is 18.8. The summed E-state index contributed by atoms with van der Waals surface area (Å²) in [7, 11) is 0. The maximum absolute atomic E-state index is 12.2. The number of hydrogen-bond acceptors (Lipinski definition) is 4. The van der Waals surface area contributed by atoms with Gasteiger partial charge in [0.05, 0.1) is 5.56 Å². The number of aromatic nitrogens is 1. The topological polar surface area (TPSA) is 57.3 Å². The summed E-state index contributed by atoms with van der Waals surface area (Å²) in [5, 5.41) is 6.37. The molecular weight excluding hydrogens is 323 g/mol. The molecular formula is C15H24Cl2N4O. The fourth-order valence-electron chi connectivity index (χ4n) is 2.90. The van der Waals surface area contributed by atoms with Crippen molar-refractivity contribution in [1.29, 1.82) is 0 Å². The van der Waals surface area contributed by atoms with Crippen LogP contribution in [0.3, 0.4) is 0 Å². The summed E-state index contributed by atoms with van der Waals surface area (Å²) >= 11 is 0. The number of carbonyl (C=O) groups excluding carboxylic acids is 1. The first-order valence-electron chi connectivity index (χ1n) is 7.55. The fourth-order valence-corrected chi connectivity index (χ4v) is 2.90. The molecule has 2 aliphatic heterocycles. The molecule has 2 saturated heterocycles. The zero-order valence-electron chi connectivity index (χ0n) is 12.6. The highest BCUT2D eigenvalue weighted by atomic mass is 35.5. The lowest BCUT2D eigenvalue weighted by Crippen LogP contribution is -2.45. The van der Waals surface area contributed by atoms with Gasteiger partial charge in [-0.05, 0) is 44.4 Å². The first-order chi connectivity index (χ1) is 9.83. The van der Waals surface area contributed by atoms with E-state index in [1.165, 1.54) is 12.8 Å². The average molecular weight is 347 g/mol. The van der Waals surface area contributed by atoms with E-state index in [0.29, 0.717) is 5.56 Å². The van der Waals surface area contributed by atoms with Crippen molar-refractivity contribution in [2.45, 2.75) is 31.7 Å². The van der Waals surface area contributed by atoms with Gasteiger partial charge in [-0.1, -0.05) is 0 Å². The maximum atomic E-state index is 12.2. The van der Waals surface area contributed by atoms with Crippen LogP contribution in [-0.2, 0) is 0 Å². The van der Waals surface area contributed by atoms with Crippen LogP contribution in [0.25, 0.3) is 0 Å². The number of halogens is 2. The highest BCUT2D eigenvalue weighted by Gasteiger charge is 2.17. The number of anilines is 1. The second-order valence-electron chi connectivity index (χ2n) is 5.62. The van der Waals surface area contributed by atoms with E-state index in [4.69, 9.17) is 0 Å². The molecule has 1 unspecified atom stereocenters. The van der Waals surface area contributed by atoms with Crippen molar-refractivity contribution in [3.05, 3.63) is 23.9 Å². The van der Waals surface area contributed by atoms with E-state index in [0.717, 1.165) is 44.8 Å². The molecule has 3 heterocycles. The van der Waals surface area contributed by atoms with Gasteiger partial charge in [0.25, 0.3) is 5.91 Å². The van der Waals surface area contributed by atoms with E-state index in [9.17, 15) is 4.79 Å². The van der Waals surface area contributed by atoms with Crippen LogP contribution < -0.4 is 15.5 Å². The number of pyridine rings is 1. The van der Waals surface area contributed by atoms with Crippen molar-refractivity contribution in [3.63, 3.8) is 0 Å². The highest BCUT2D eigenvalue weighted by molar-refractivity contribution is 5.94. The van der Waals surface area contributed by atoms with Crippen LogP contribution in [0.1, 0.15) is 36.0 Å². The van der Waals surface area contributed by atoms with Gasteiger partial charge in [0.15, 0.2) is 0 Å². The molecule has 1 amide bonds. The first kappa shape index (κ1) is 19.0. The second kappa shape index (κ2) is 9.18. The van der Waals surface area contributed by atoms with E-state index < -0.39 is 0 Å². The molecule has 0 spiro atoms. The Hall–Kier alpha value is -1.04. The predicted molar refractivity (Wildman–Crippen MR) is 93.5 cm³/mol. The lowest BCUT2D eigenvalue weighted by Gasteiger charge is -2.23. The SMILES string of the molecule is Cl.Cl.O=C(NC1CCCNC1)c1ccc(N2CCCC2)nc1. The van der Waals surface area contributed by atoms with Crippen LogP contribution in [0.5, 0.6) is 0 Å². The summed E-state index contributed by atoms with van der Waals surface area (Å²) < 4.78 is 0. The first-order valence-corrected chi connectivity index (χ1v) is 7.55. The normalized spacial score (nSPS) is 20.7. The highest BCUT2D eigenvalue weighted by Crippen LogP contribution is 2.17. The van der Waals surface area contributed by atoms with E-state index in [1.54, 1.807) is 6.20 Å².